The van der Waals surface area contributed by atoms with Gasteiger partial charge in [0.2, 0.25) is 0 Å². The minimum absolute atomic E-state index is 0.242. The Morgan fingerprint density at radius 2 is 1.94 bits per heavy atom. The van der Waals surface area contributed by atoms with Crippen LogP contribution in [0.25, 0.3) is 0 Å². The molecule has 0 saturated heterocycles. The van der Waals surface area contributed by atoms with Crippen molar-refractivity contribution in [2.75, 3.05) is 6.61 Å². The fourth-order valence-electron chi connectivity index (χ4n) is 0.830. The molecule has 0 aromatic heterocycles. The minimum atomic E-state index is -0.585. The number of ether oxygens (including phenoxy) is 2. The van der Waals surface area contributed by atoms with Crippen molar-refractivity contribution in [3.8, 4) is 0 Å². The number of allylic oxidation sites excluding steroid dienone is 1. The minimum Gasteiger partial charge on any atom is -0.462 e. The van der Waals surface area contributed by atoms with Gasteiger partial charge < -0.3 is 9.47 Å². The van der Waals surface area contributed by atoms with Crippen LogP contribution < -0.4 is 0 Å². The first-order valence-corrected chi connectivity index (χ1v) is 5.21. The molecule has 4 heteroatoms. The lowest BCUT2D eigenvalue weighted by atomic mass is 10.2. The molecule has 0 N–H and O–H groups in total. The van der Waals surface area contributed by atoms with Crippen molar-refractivity contribution < 1.29 is 19.1 Å². The lowest BCUT2D eigenvalue weighted by molar-refractivity contribution is -0.139. The third-order valence-corrected chi connectivity index (χ3v) is 1.99. The molecule has 0 spiro atoms. The van der Waals surface area contributed by atoms with Gasteiger partial charge in [-0.3, -0.25) is 0 Å². The van der Waals surface area contributed by atoms with Crippen molar-refractivity contribution in [2.24, 2.45) is 0 Å². The second kappa shape index (κ2) is 7.68. The summed E-state index contributed by atoms with van der Waals surface area (Å²) in [6.45, 7) is 8.75. The highest BCUT2D eigenvalue weighted by molar-refractivity contribution is 5.89. The van der Waals surface area contributed by atoms with Crippen molar-refractivity contribution in [2.45, 2.75) is 33.6 Å². The number of hydrogen-bond donors (Lipinski definition) is 0. The number of carbonyl (C=O) groups excluding carboxylic acids is 2. The molecule has 4 nitrogen and oxygen atoms in total. The number of rotatable bonds is 6. The lowest BCUT2D eigenvalue weighted by Crippen LogP contribution is -2.10. The number of unbranched alkanes of at least 4 members (excludes halogenated alkanes) is 1. The van der Waals surface area contributed by atoms with Crippen LogP contribution in [0.15, 0.2) is 24.0 Å². The van der Waals surface area contributed by atoms with Crippen LogP contribution in [0.4, 0.5) is 0 Å². The highest BCUT2D eigenvalue weighted by Gasteiger charge is 2.11. The maximum absolute atomic E-state index is 11.4. The summed E-state index contributed by atoms with van der Waals surface area (Å²) in [4.78, 5) is 22.3. The molecule has 0 rings (SSSR count). The van der Waals surface area contributed by atoms with Gasteiger partial charge in [0.15, 0.2) is 0 Å². The van der Waals surface area contributed by atoms with Crippen LogP contribution in [-0.4, -0.2) is 18.5 Å². The Kier molecular flexibility index (Phi) is 6.92. The first-order chi connectivity index (χ1) is 7.52. The molecule has 0 bridgehead atoms. The molecule has 0 saturated carbocycles. The van der Waals surface area contributed by atoms with E-state index in [4.69, 9.17) is 9.47 Å². The monoisotopic (exact) mass is 226 g/mol. The molecule has 0 fully saturated rings. The van der Waals surface area contributed by atoms with Gasteiger partial charge in [-0.25, -0.2) is 9.59 Å². The molecule has 16 heavy (non-hydrogen) atoms. The largest absolute Gasteiger partial charge is 0.462 e. The highest BCUT2D eigenvalue weighted by atomic mass is 16.5. The summed E-state index contributed by atoms with van der Waals surface area (Å²) in [6, 6.07) is 0. The van der Waals surface area contributed by atoms with Crippen LogP contribution in [0.3, 0.4) is 0 Å². The average Bonchev–Trinajstić information content (AvgIpc) is 2.27. The Hall–Kier alpha value is -1.58. The zero-order valence-corrected chi connectivity index (χ0v) is 10.0. The molecule has 0 aliphatic rings. The van der Waals surface area contributed by atoms with Gasteiger partial charge in [0.1, 0.15) is 5.76 Å². The van der Waals surface area contributed by atoms with E-state index in [1.165, 1.54) is 6.92 Å². The molecule has 0 atom stereocenters. The fraction of sp³-hybridized carbons (Fsp3) is 0.500. The smallest absolute Gasteiger partial charge is 0.337 e. The molecule has 0 amide bonds. The third kappa shape index (κ3) is 5.34. The second-order valence-corrected chi connectivity index (χ2v) is 3.30. The Labute approximate surface area is 95.9 Å². The predicted octanol–water partition coefficient (Wildman–Crippen LogP) is 2.35. The molecule has 0 radical (unpaired) electrons. The zero-order chi connectivity index (χ0) is 12.6. The van der Waals surface area contributed by atoms with Crippen LogP contribution in [0.1, 0.15) is 33.6 Å². The van der Waals surface area contributed by atoms with E-state index in [-0.39, 0.29) is 5.76 Å². The molecule has 0 heterocycles. The van der Waals surface area contributed by atoms with Gasteiger partial charge in [0, 0.05) is 6.08 Å². The van der Waals surface area contributed by atoms with Gasteiger partial charge in [0.25, 0.3) is 0 Å². The van der Waals surface area contributed by atoms with Gasteiger partial charge in [-0.05, 0) is 20.3 Å². The molecule has 90 valence electrons. The van der Waals surface area contributed by atoms with Crippen LogP contribution in [0.5, 0.6) is 0 Å². The first-order valence-electron chi connectivity index (χ1n) is 5.21. The molecular weight excluding hydrogens is 208 g/mol. The summed E-state index contributed by atoms with van der Waals surface area (Å²) < 4.78 is 9.78. The van der Waals surface area contributed by atoms with E-state index >= 15 is 0 Å². The van der Waals surface area contributed by atoms with Gasteiger partial charge in [-0.1, -0.05) is 19.9 Å². The summed E-state index contributed by atoms with van der Waals surface area (Å²) in [5, 5.41) is 0. The molecule has 0 aliphatic carbocycles. The number of hydrogen-bond acceptors (Lipinski definition) is 4. The van der Waals surface area contributed by atoms with Crippen molar-refractivity contribution in [3.05, 3.63) is 24.0 Å². The topological polar surface area (TPSA) is 52.6 Å². The van der Waals surface area contributed by atoms with E-state index in [1.807, 2.05) is 6.92 Å². The summed E-state index contributed by atoms with van der Waals surface area (Å²) in [5.74, 6) is -0.799. The van der Waals surface area contributed by atoms with E-state index in [0.717, 1.165) is 18.9 Å². The maximum atomic E-state index is 11.4. The van der Waals surface area contributed by atoms with E-state index in [1.54, 1.807) is 6.92 Å². The van der Waals surface area contributed by atoms with Crippen molar-refractivity contribution in [1.29, 1.82) is 0 Å². The predicted molar refractivity (Wildman–Crippen MR) is 60.5 cm³/mol. The van der Waals surface area contributed by atoms with Crippen molar-refractivity contribution in [1.82, 2.24) is 0 Å². The van der Waals surface area contributed by atoms with Gasteiger partial charge >= 0.3 is 11.9 Å². The van der Waals surface area contributed by atoms with Gasteiger partial charge in [0.05, 0.1) is 12.2 Å². The maximum Gasteiger partial charge on any atom is 0.337 e. The van der Waals surface area contributed by atoms with E-state index in [9.17, 15) is 9.59 Å². The molecule has 0 unspecified atom stereocenters. The zero-order valence-electron chi connectivity index (χ0n) is 10.0. The van der Waals surface area contributed by atoms with E-state index in [0.29, 0.717) is 12.2 Å². The summed E-state index contributed by atoms with van der Waals surface area (Å²) >= 11 is 0. The van der Waals surface area contributed by atoms with Crippen LogP contribution in [-0.2, 0) is 19.1 Å². The summed E-state index contributed by atoms with van der Waals surface area (Å²) in [7, 11) is 0. The highest BCUT2D eigenvalue weighted by Crippen LogP contribution is 2.08. The van der Waals surface area contributed by atoms with Gasteiger partial charge in [-0.2, -0.15) is 0 Å². The Bertz CT molecular complexity index is 302. The SMILES string of the molecule is C=CC(=O)OC(C)=C(C)C(=O)OCCCC. The standard InChI is InChI=1S/C12H18O4/c1-5-7-8-15-12(14)9(3)10(4)16-11(13)6-2/h6H,2,5,7-8H2,1,3-4H3. The Morgan fingerprint density at radius 1 is 1.31 bits per heavy atom. The summed E-state index contributed by atoms with van der Waals surface area (Å²) in [6.07, 6.45) is 2.82. The van der Waals surface area contributed by atoms with E-state index in [2.05, 4.69) is 6.58 Å². The molecule has 0 aromatic carbocycles. The van der Waals surface area contributed by atoms with Crippen molar-refractivity contribution >= 4 is 11.9 Å². The molecular formula is C12H18O4. The quantitative estimate of drug-likeness (QED) is 0.302. The van der Waals surface area contributed by atoms with Gasteiger partial charge in [-0.15, -0.1) is 0 Å². The summed E-state index contributed by atoms with van der Waals surface area (Å²) in [5.41, 5.74) is 0.298. The van der Waals surface area contributed by atoms with Crippen LogP contribution in [0, 0.1) is 0 Å². The fourth-order valence-corrected chi connectivity index (χ4v) is 0.830. The Balaban J connectivity index is 4.32. The number of carbonyl (C=O) groups is 2. The second-order valence-electron chi connectivity index (χ2n) is 3.30. The van der Waals surface area contributed by atoms with Crippen LogP contribution >= 0.6 is 0 Å². The van der Waals surface area contributed by atoms with Crippen molar-refractivity contribution in [3.63, 3.8) is 0 Å². The lowest BCUT2D eigenvalue weighted by Gasteiger charge is -2.07. The normalized spacial score (nSPS) is 11.4. The number of esters is 2. The first kappa shape index (κ1) is 14.4. The average molecular weight is 226 g/mol. The van der Waals surface area contributed by atoms with Crippen LogP contribution in [0.2, 0.25) is 0 Å². The Morgan fingerprint density at radius 3 is 2.44 bits per heavy atom. The third-order valence-electron chi connectivity index (χ3n) is 1.99. The molecule has 0 aromatic rings. The molecule has 0 aliphatic heterocycles. The van der Waals surface area contributed by atoms with E-state index < -0.39 is 11.9 Å².